The first-order valence-corrected chi connectivity index (χ1v) is 7.19. The molecule has 21 heavy (non-hydrogen) atoms. The van der Waals surface area contributed by atoms with E-state index in [0.717, 1.165) is 22.6 Å². The summed E-state index contributed by atoms with van der Waals surface area (Å²) in [6, 6.07) is 13.8. The van der Waals surface area contributed by atoms with Crippen LogP contribution < -0.4 is 10.6 Å². The molecule has 0 aliphatic carbocycles. The van der Waals surface area contributed by atoms with Crippen LogP contribution in [0.5, 0.6) is 0 Å². The first-order chi connectivity index (χ1) is 10.1. The molecule has 4 nitrogen and oxygen atoms in total. The molecule has 3 N–H and O–H groups in total. The Kier molecular flexibility index (Phi) is 5.25. The van der Waals surface area contributed by atoms with Crippen LogP contribution in [0.15, 0.2) is 42.5 Å². The fourth-order valence-corrected chi connectivity index (χ4v) is 2.27. The fourth-order valence-electron chi connectivity index (χ4n) is 2.15. The molecular weight excluding hydrogens is 282 g/mol. The van der Waals surface area contributed by atoms with Gasteiger partial charge in [0.15, 0.2) is 0 Å². The summed E-state index contributed by atoms with van der Waals surface area (Å²) in [7, 11) is 0. The van der Waals surface area contributed by atoms with Crippen molar-refractivity contribution < 1.29 is 5.11 Å². The predicted molar refractivity (Wildman–Crippen MR) is 89.4 cm³/mol. The first kappa shape index (κ1) is 15.4. The lowest BCUT2D eigenvalue weighted by Crippen LogP contribution is -2.27. The van der Waals surface area contributed by atoms with E-state index in [2.05, 4.69) is 17.1 Å². The molecule has 2 aromatic rings. The molecule has 0 aliphatic heterocycles. The standard InChI is InChI=1S/C16H19N3OS/c1-12-9-14(16(17)21)10-15(18-12)19(7-8-20)11-13-5-3-2-4-6-13/h2-6,9-10,20H,7-8,11H2,1H3,(H2,17,21). The van der Waals surface area contributed by atoms with Crippen LogP contribution in [0.2, 0.25) is 0 Å². The topological polar surface area (TPSA) is 62.4 Å². The van der Waals surface area contributed by atoms with E-state index >= 15 is 0 Å². The van der Waals surface area contributed by atoms with Crippen molar-refractivity contribution in [3.8, 4) is 0 Å². The highest BCUT2D eigenvalue weighted by molar-refractivity contribution is 7.80. The quantitative estimate of drug-likeness (QED) is 0.799. The van der Waals surface area contributed by atoms with Gasteiger partial charge in [-0.2, -0.15) is 0 Å². The van der Waals surface area contributed by atoms with Crippen molar-refractivity contribution in [3.63, 3.8) is 0 Å². The van der Waals surface area contributed by atoms with Gasteiger partial charge in [-0.25, -0.2) is 4.98 Å². The van der Waals surface area contributed by atoms with Gasteiger partial charge in [0.1, 0.15) is 10.8 Å². The third-order valence-electron chi connectivity index (χ3n) is 3.13. The summed E-state index contributed by atoms with van der Waals surface area (Å²) in [4.78, 5) is 6.90. The zero-order valence-corrected chi connectivity index (χ0v) is 12.8. The Morgan fingerprint density at radius 3 is 2.62 bits per heavy atom. The van der Waals surface area contributed by atoms with E-state index in [1.165, 1.54) is 0 Å². The Hall–Kier alpha value is -1.98. The number of rotatable bonds is 6. The van der Waals surface area contributed by atoms with Crippen LogP contribution in [0, 0.1) is 6.92 Å². The normalized spacial score (nSPS) is 10.4. The van der Waals surface area contributed by atoms with Crippen LogP contribution >= 0.6 is 12.2 Å². The molecular formula is C16H19N3OS. The average Bonchev–Trinajstić information content (AvgIpc) is 2.47. The summed E-state index contributed by atoms with van der Waals surface area (Å²) in [5.41, 5.74) is 8.52. The van der Waals surface area contributed by atoms with Gasteiger partial charge in [0, 0.05) is 24.3 Å². The van der Waals surface area contributed by atoms with Gasteiger partial charge in [0.25, 0.3) is 0 Å². The monoisotopic (exact) mass is 301 g/mol. The zero-order valence-electron chi connectivity index (χ0n) is 12.0. The van der Waals surface area contributed by atoms with Crippen molar-refractivity contribution in [1.29, 1.82) is 0 Å². The number of hydrogen-bond acceptors (Lipinski definition) is 4. The molecule has 0 saturated carbocycles. The molecule has 0 amide bonds. The molecule has 1 aromatic carbocycles. The van der Waals surface area contributed by atoms with Gasteiger partial charge >= 0.3 is 0 Å². The molecule has 1 aromatic heterocycles. The molecule has 2 rings (SSSR count). The second kappa shape index (κ2) is 7.15. The van der Waals surface area contributed by atoms with E-state index in [-0.39, 0.29) is 6.61 Å². The number of pyridine rings is 1. The largest absolute Gasteiger partial charge is 0.395 e. The maximum absolute atomic E-state index is 9.30. The lowest BCUT2D eigenvalue weighted by Gasteiger charge is -2.24. The number of nitrogens with two attached hydrogens (primary N) is 1. The molecule has 0 atom stereocenters. The Morgan fingerprint density at radius 2 is 2.00 bits per heavy atom. The highest BCUT2D eigenvalue weighted by atomic mass is 32.1. The molecule has 5 heteroatoms. The summed E-state index contributed by atoms with van der Waals surface area (Å²) in [6.45, 7) is 3.15. The van der Waals surface area contributed by atoms with Gasteiger partial charge in [-0.3, -0.25) is 0 Å². The van der Waals surface area contributed by atoms with Gasteiger partial charge in [-0.05, 0) is 24.6 Å². The van der Waals surface area contributed by atoms with Crippen molar-refractivity contribution in [2.45, 2.75) is 13.5 Å². The minimum absolute atomic E-state index is 0.0604. The van der Waals surface area contributed by atoms with Gasteiger partial charge in [-0.1, -0.05) is 42.5 Å². The summed E-state index contributed by atoms with van der Waals surface area (Å²) in [6.07, 6.45) is 0. The van der Waals surface area contributed by atoms with Crippen molar-refractivity contribution in [2.75, 3.05) is 18.1 Å². The molecule has 110 valence electrons. The number of anilines is 1. The second-order valence-electron chi connectivity index (χ2n) is 4.85. The van der Waals surface area contributed by atoms with Crippen LogP contribution in [-0.2, 0) is 6.54 Å². The molecule has 1 heterocycles. The summed E-state index contributed by atoms with van der Waals surface area (Å²) in [5.74, 6) is 0.774. The van der Waals surface area contributed by atoms with Crippen molar-refractivity contribution >= 4 is 23.0 Å². The van der Waals surface area contributed by atoms with Crippen molar-refractivity contribution in [3.05, 3.63) is 59.3 Å². The zero-order chi connectivity index (χ0) is 15.2. The van der Waals surface area contributed by atoms with Crippen LogP contribution in [0.3, 0.4) is 0 Å². The molecule has 0 radical (unpaired) electrons. The number of aromatic nitrogens is 1. The number of aryl methyl sites for hydroxylation is 1. The van der Waals surface area contributed by atoms with E-state index in [4.69, 9.17) is 18.0 Å². The number of aliphatic hydroxyl groups is 1. The van der Waals surface area contributed by atoms with Gasteiger partial charge < -0.3 is 15.7 Å². The minimum atomic E-state index is 0.0604. The minimum Gasteiger partial charge on any atom is -0.395 e. The van der Waals surface area contributed by atoms with Crippen LogP contribution in [-0.4, -0.2) is 28.2 Å². The molecule has 0 spiro atoms. The lowest BCUT2D eigenvalue weighted by molar-refractivity contribution is 0.301. The van der Waals surface area contributed by atoms with Crippen molar-refractivity contribution in [1.82, 2.24) is 4.98 Å². The Labute approximate surface area is 130 Å². The molecule has 0 aliphatic rings. The van der Waals surface area contributed by atoms with Crippen LogP contribution in [0.1, 0.15) is 16.8 Å². The maximum Gasteiger partial charge on any atom is 0.129 e. The van der Waals surface area contributed by atoms with E-state index in [1.807, 2.05) is 42.2 Å². The SMILES string of the molecule is Cc1cc(C(N)=S)cc(N(CCO)Cc2ccccc2)n1. The summed E-state index contributed by atoms with van der Waals surface area (Å²) in [5, 5.41) is 9.30. The Balaban J connectivity index is 2.31. The second-order valence-corrected chi connectivity index (χ2v) is 5.29. The van der Waals surface area contributed by atoms with Crippen LogP contribution in [0.4, 0.5) is 5.82 Å². The predicted octanol–water partition coefficient (Wildman–Crippen LogP) is 2.02. The van der Waals surface area contributed by atoms with E-state index in [1.54, 1.807) is 0 Å². The highest BCUT2D eigenvalue weighted by Crippen LogP contribution is 2.17. The van der Waals surface area contributed by atoms with Crippen molar-refractivity contribution in [2.24, 2.45) is 5.73 Å². The lowest BCUT2D eigenvalue weighted by atomic mass is 10.2. The average molecular weight is 301 g/mol. The molecule has 0 bridgehead atoms. The van der Waals surface area contributed by atoms with Crippen LogP contribution in [0.25, 0.3) is 0 Å². The first-order valence-electron chi connectivity index (χ1n) is 6.78. The number of nitrogens with zero attached hydrogens (tertiary/aromatic N) is 2. The molecule has 0 unspecified atom stereocenters. The number of hydrogen-bond donors (Lipinski definition) is 2. The molecule has 0 saturated heterocycles. The Morgan fingerprint density at radius 1 is 1.29 bits per heavy atom. The van der Waals surface area contributed by atoms with E-state index in [9.17, 15) is 5.11 Å². The number of aliphatic hydroxyl groups excluding tert-OH is 1. The highest BCUT2D eigenvalue weighted by Gasteiger charge is 2.11. The third kappa shape index (κ3) is 4.24. The van der Waals surface area contributed by atoms with Gasteiger partial charge in [0.05, 0.1) is 6.61 Å². The van der Waals surface area contributed by atoms with Gasteiger partial charge in [0.2, 0.25) is 0 Å². The summed E-state index contributed by atoms with van der Waals surface area (Å²) >= 11 is 5.04. The van der Waals surface area contributed by atoms with E-state index in [0.29, 0.717) is 18.1 Å². The van der Waals surface area contributed by atoms with E-state index < -0.39 is 0 Å². The third-order valence-corrected chi connectivity index (χ3v) is 3.37. The van der Waals surface area contributed by atoms with Gasteiger partial charge in [-0.15, -0.1) is 0 Å². The number of benzene rings is 1. The molecule has 0 fully saturated rings. The number of thiocarbonyl (C=S) groups is 1. The smallest absolute Gasteiger partial charge is 0.129 e. The Bertz CT molecular complexity index is 616. The maximum atomic E-state index is 9.30. The summed E-state index contributed by atoms with van der Waals surface area (Å²) < 4.78 is 0. The fraction of sp³-hybridized carbons (Fsp3) is 0.250.